The van der Waals surface area contributed by atoms with E-state index in [1.54, 1.807) is 18.2 Å². The van der Waals surface area contributed by atoms with Gasteiger partial charge < -0.3 is 5.32 Å². The van der Waals surface area contributed by atoms with Gasteiger partial charge in [-0.3, -0.25) is 4.79 Å². The molecule has 0 aliphatic heterocycles. The Labute approximate surface area is 128 Å². The fraction of sp³-hybridized carbons (Fsp3) is 0.188. The summed E-state index contributed by atoms with van der Waals surface area (Å²) < 4.78 is 0. The molecule has 0 saturated carbocycles. The zero-order valence-electron chi connectivity index (χ0n) is 11.3. The Morgan fingerprint density at radius 1 is 1.00 bits per heavy atom. The van der Waals surface area contributed by atoms with Crippen LogP contribution in [0.1, 0.15) is 35.7 Å². The lowest BCUT2D eigenvalue weighted by molar-refractivity contribution is 0.102. The molecule has 104 valence electrons. The molecule has 0 heterocycles. The monoisotopic (exact) mass is 307 g/mol. The average molecular weight is 308 g/mol. The molecule has 4 heteroatoms. The van der Waals surface area contributed by atoms with Crippen LogP contribution >= 0.6 is 23.2 Å². The Balaban J connectivity index is 2.19. The van der Waals surface area contributed by atoms with Gasteiger partial charge in [0.1, 0.15) is 0 Å². The fourth-order valence-electron chi connectivity index (χ4n) is 1.86. The number of benzene rings is 2. The fourth-order valence-corrected chi connectivity index (χ4v) is 2.43. The molecule has 0 unspecified atom stereocenters. The summed E-state index contributed by atoms with van der Waals surface area (Å²) in [7, 11) is 0. The van der Waals surface area contributed by atoms with Crippen LogP contribution in [0.4, 0.5) is 5.69 Å². The van der Waals surface area contributed by atoms with Crippen molar-refractivity contribution in [2.24, 2.45) is 0 Å². The molecular weight excluding hydrogens is 293 g/mol. The van der Waals surface area contributed by atoms with Crippen LogP contribution in [0, 0.1) is 0 Å². The van der Waals surface area contributed by atoms with Gasteiger partial charge in [0.2, 0.25) is 0 Å². The minimum absolute atomic E-state index is 0.295. The molecule has 2 rings (SSSR count). The zero-order valence-corrected chi connectivity index (χ0v) is 12.8. The third kappa shape index (κ3) is 3.33. The molecule has 1 amide bonds. The summed E-state index contributed by atoms with van der Waals surface area (Å²) in [6.45, 7) is 4.24. The summed E-state index contributed by atoms with van der Waals surface area (Å²) in [6, 6.07) is 12.7. The van der Waals surface area contributed by atoms with Crippen molar-refractivity contribution in [1.82, 2.24) is 0 Å². The molecule has 2 aromatic rings. The smallest absolute Gasteiger partial charge is 0.258 e. The molecule has 2 nitrogen and oxygen atoms in total. The second-order valence-electron chi connectivity index (χ2n) is 4.83. The van der Waals surface area contributed by atoms with Crippen LogP contribution in [0.25, 0.3) is 0 Å². The molecule has 0 aliphatic rings. The van der Waals surface area contributed by atoms with Crippen LogP contribution in [0.2, 0.25) is 10.0 Å². The summed E-state index contributed by atoms with van der Waals surface area (Å²) in [4.78, 5) is 12.2. The Kier molecular flexibility index (Phi) is 4.69. The highest BCUT2D eigenvalue weighted by atomic mass is 35.5. The molecule has 0 radical (unpaired) electrons. The number of anilines is 1. The first kappa shape index (κ1) is 14.9. The normalized spacial score (nSPS) is 10.7. The quantitative estimate of drug-likeness (QED) is 0.811. The van der Waals surface area contributed by atoms with Crippen molar-refractivity contribution in [3.8, 4) is 0 Å². The summed E-state index contributed by atoms with van der Waals surface area (Å²) >= 11 is 12.0. The van der Waals surface area contributed by atoms with Gasteiger partial charge in [0.25, 0.3) is 5.91 Å². The highest BCUT2D eigenvalue weighted by Gasteiger charge is 2.14. The van der Waals surface area contributed by atoms with Crippen LogP contribution < -0.4 is 5.32 Å². The van der Waals surface area contributed by atoms with Crippen LogP contribution in [0.5, 0.6) is 0 Å². The Hall–Kier alpha value is -1.51. The number of nitrogens with one attached hydrogen (secondary N) is 1. The lowest BCUT2D eigenvalue weighted by atomic mass is 10.0. The van der Waals surface area contributed by atoms with Crippen molar-refractivity contribution in [2.45, 2.75) is 19.8 Å². The molecule has 0 bridgehead atoms. The van der Waals surface area contributed by atoms with E-state index in [9.17, 15) is 4.79 Å². The van der Waals surface area contributed by atoms with E-state index < -0.39 is 0 Å². The predicted molar refractivity (Wildman–Crippen MR) is 84.9 cm³/mol. The van der Waals surface area contributed by atoms with Gasteiger partial charge in [0.05, 0.1) is 15.6 Å². The zero-order chi connectivity index (χ0) is 14.7. The van der Waals surface area contributed by atoms with Gasteiger partial charge >= 0.3 is 0 Å². The molecule has 0 saturated heterocycles. The molecule has 0 atom stereocenters. The van der Waals surface area contributed by atoms with Crippen molar-refractivity contribution >= 4 is 34.8 Å². The molecule has 0 fully saturated rings. The topological polar surface area (TPSA) is 29.1 Å². The van der Waals surface area contributed by atoms with Gasteiger partial charge in [-0.15, -0.1) is 0 Å². The van der Waals surface area contributed by atoms with E-state index in [1.165, 1.54) is 5.56 Å². The number of carbonyl (C=O) groups is 1. The Morgan fingerprint density at radius 2 is 1.55 bits per heavy atom. The standard InChI is InChI=1S/C16H15Cl2NO/c1-10(2)11-6-8-12(9-7-11)19-16(20)15-13(17)4-3-5-14(15)18/h3-10H,1-2H3,(H,19,20). The molecule has 0 aliphatic carbocycles. The Morgan fingerprint density at radius 3 is 2.05 bits per heavy atom. The average Bonchev–Trinajstić information content (AvgIpc) is 2.39. The third-order valence-electron chi connectivity index (χ3n) is 3.03. The third-order valence-corrected chi connectivity index (χ3v) is 3.65. The molecular formula is C16H15Cl2NO. The Bertz CT molecular complexity index is 601. The number of carbonyl (C=O) groups excluding carboxylic acids is 1. The molecule has 0 spiro atoms. The van der Waals surface area contributed by atoms with E-state index in [4.69, 9.17) is 23.2 Å². The van der Waals surface area contributed by atoms with Gasteiger partial charge in [0.15, 0.2) is 0 Å². The number of halogens is 2. The van der Waals surface area contributed by atoms with E-state index >= 15 is 0 Å². The number of hydrogen-bond donors (Lipinski definition) is 1. The maximum atomic E-state index is 12.2. The van der Waals surface area contributed by atoms with Crippen molar-refractivity contribution < 1.29 is 4.79 Å². The minimum Gasteiger partial charge on any atom is -0.322 e. The van der Waals surface area contributed by atoms with Crippen LogP contribution in [0.3, 0.4) is 0 Å². The largest absolute Gasteiger partial charge is 0.322 e. The maximum Gasteiger partial charge on any atom is 0.258 e. The molecule has 1 N–H and O–H groups in total. The summed E-state index contributed by atoms with van der Waals surface area (Å²) in [5.41, 5.74) is 2.23. The van der Waals surface area contributed by atoms with Gasteiger partial charge in [-0.2, -0.15) is 0 Å². The van der Waals surface area contributed by atoms with Gasteiger partial charge in [-0.1, -0.05) is 55.2 Å². The van der Waals surface area contributed by atoms with Gasteiger partial charge in [-0.25, -0.2) is 0 Å². The molecule has 20 heavy (non-hydrogen) atoms. The lowest BCUT2D eigenvalue weighted by Crippen LogP contribution is -2.13. The van der Waals surface area contributed by atoms with Crippen molar-refractivity contribution in [2.75, 3.05) is 5.32 Å². The first-order valence-electron chi connectivity index (χ1n) is 6.34. The van der Waals surface area contributed by atoms with Crippen molar-refractivity contribution in [1.29, 1.82) is 0 Å². The molecule has 2 aromatic carbocycles. The van der Waals surface area contributed by atoms with Crippen LogP contribution in [0.15, 0.2) is 42.5 Å². The number of amides is 1. The van der Waals surface area contributed by atoms with Crippen LogP contribution in [-0.4, -0.2) is 5.91 Å². The van der Waals surface area contributed by atoms with E-state index in [2.05, 4.69) is 19.2 Å². The highest BCUT2D eigenvalue weighted by Crippen LogP contribution is 2.25. The van der Waals surface area contributed by atoms with E-state index in [0.29, 0.717) is 21.5 Å². The van der Waals surface area contributed by atoms with Crippen molar-refractivity contribution in [3.05, 3.63) is 63.6 Å². The second-order valence-corrected chi connectivity index (χ2v) is 5.64. The minimum atomic E-state index is -0.308. The van der Waals surface area contributed by atoms with Gasteiger partial charge in [0, 0.05) is 5.69 Å². The maximum absolute atomic E-state index is 12.2. The van der Waals surface area contributed by atoms with Gasteiger partial charge in [-0.05, 0) is 35.7 Å². The summed E-state index contributed by atoms with van der Waals surface area (Å²) in [5.74, 6) is 0.149. The van der Waals surface area contributed by atoms with E-state index in [0.717, 1.165) is 5.69 Å². The van der Waals surface area contributed by atoms with E-state index in [1.807, 2.05) is 24.3 Å². The summed E-state index contributed by atoms with van der Waals surface area (Å²) in [5, 5.41) is 3.48. The first-order valence-corrected chi connectivity index (χ1v) is 7.10. The number of hydrogen-bond acceptors (Lipinski definition) is 1. The van der Waals surface area contributed by atoms with Crippen LogP contribution in [-0.2, 0) is 0 Å². The lowest BCUT2D eigenvalue weighted by Gasteiger charge is -2.10. The van der Waals surface area contributed by atoms with Crippen molar-refractivity contribution in [3.63, 3.8) is 0 Å². The second kappa shape index (κ2) is 6.29. The van der Waals surface area contributed by atoms with E-state index in [-0.39, 0.29) is 5.91 Å². The SMILES string of the molecule is CC(C)c1ccc(NC(=O)c2c(Cl)cccc2Cl)cc1. The highest BCUT2D eigenvalue weighted by molar-refractivity contribution is 6.40. The molecule has 0 aromatic heterocycles. The first-order chi connectivity index (χ1) is 9.49. The predicted octanol–water partition coefficient (Wildman–Crippen LogP) is 5.37. The summed E-state index contributed by atoms with van der Waals surface area (Å²) in [6.07, 6.45) is 0. The number of rotatable bonds is 3.